The minimum absolute atomic E-state index is 0.0867. The molecule has 1 aliphatic carbocycles. The Hall–Kier alpha value is -3.61. The fraction of sp³-hybridized carbons (Fsp3) is 0.292. The molecule has 7 heteroatoms. The van der Waals surface area contributed by atoms with Gasteiger partial charge in [-0.3, -0.25) is 4.79 Å². The maximum Gasteiger partial charge on any atom is 0.253 e. The van der Waals surface area contributed by atoms with Gasteiger partial charge in [-0.15, -0.1) is 0 Å². The molecule has 2 N–H and O–H groups in total. The number of aromatic amines is 1. The highest BCUT2D eigenvalue weighted by Gasteiger charge is 2.28. The predicted molar refractivity (Wildman–Crippen MR) is 123 cm³/mol. The van der Waals surface area contributed by atoms with Gasteiger partial charge in [-0.2, -0.15) is 0 Å². The minimum Gasteiger partial charge on any atom is -0.364 e. The van der Waals surface area contributed by atoms with Gasteiger partial charge < -0.3 is 20.1 Å². The number of hydrogen-bond donors (Lipinski definition) is 2. The Bertz CT molecular complexity index is 1270. The lowest BCUT2D eigenvalue weighted by Gasteiger charge is -2.36. The van der Waals surface area contributed by atoms with Crippen molar-refractivity contribution in [2.45, 2.75) is 18.9 Å². The van der Waals surface area contributed by atoms with Gasteiger partial charge in [-0.05, 0) is 49.2 Å². The summed E-state index contributed by atoms with van der Waals surface area (Å²) in [6, 6.07) is 16.3. The zero-order chi connectivity index (χ0) is 20.8. The van der Waals surface area contributed by atoms with E-state index in [1.807, 2.05) is 59.6 Å². The number of nitrogens with zero attached hydrogens (tertiary/aromatic N) is 4. The van der Waals surface area contributed by atoms with Gasteiger partial charge in [0.05, 0.1) is 11.0 Å². The highest BCUT2D eigenvalue weighted by Crippen LogP contribution is 2.31. The molecule has 2 aromatic carbocycles. The van der Waals surface area contributed by atoms with Crippen LogP contribution in [-0.4, -0.2) is 58.0 Å². The van der Waals surface area contributed by atoms with E-state index in [1.54, 1.807) is 0 Å². The van der Waals surface area contributed by atoms with E-state index in [1.165, 1.54) is 12.8 Å². The van der Waals surface area contributed by atoms with Crippen molar-refractivity contribution in [2.24, 2.45) is 0 Å². The zero-order valence-electron chi connectivity index (χ0n) is 17.2. The van der Waals surface area contributed by atoms with Gasteiger partial charge in [0.2, 0.25) is 0 Å². The molecule has 0 spiro atoms. The number of piperazine rings is 1. The molecule has 1 saturated carbocycles. The van der Waals surface area contributed by atoms with Crippen molar-refractivity contribution < 1.29 is 4.79 Å². The highest BCUT2D eigenvalue weighted by atomic mass is 16.2. The number of carbonyl (C=O) groups is 1. The Balaban J connectivity index is 1.22. The van der Waals surface area contributed by atoms with E-state index in [-0.39, 0.29) is 5.91 Å². The van der Waals surface area contributed by atoms with Crippen LogP contribution in [0.3, 0.4) is 0 Å². The molecular formula is C24H24N6O. The SMILES string of the molecule is O=C(c1ccc2[nH]ccc2c1)N1CCN(c2nc3ccccc3nc2NC2CC2)CC1. The minimum atomic E-state index is 0.0867. The largest absolute Gasteiger partial charge is 0.364 e. The van der Waals surface area contributed by atoms with Gasteiger partial charge in [0.15, 0.2) is 11.6 Å². The Labute approximate surface area is 180 Å². The molecule has 1 amide bonds. The number of nitrogens with one attached hydrogen (secondary N) is 2. The van der Waals surface area contributed by atoms with Crippen molar-refractivity contribution in [3.63, 3.8) is 0 Å². The van der Waals surface area contributed by atoms with E-state index < -0.39 is 0 Å². The third kappa shape index (κ3) is 3.46. The Morgan fingerprint density at radius 2 is 1.74 bits per heavy atom. The summed E-state index contributed by atoms with van der Waals surface area (Å²) in [6.45, 7) is 2.82. The summed E-state index contributed by atoms with van der Waals surface area (Å²) in [6.07, 6.45) is 4.26. The van der Waals surface area contributed by atoms with Crippen molar-refractivity contribution in [1.82, 2.24) is 19.9 Å². The molecule has 156 valence electrons. The molecule has 0 unspecified atom stereocenters. The Morgan fingerprint density at radius 3 is 2.52 bits per heavy atom. The molecule has 4 aromatic rings. The molecule has 6 rings (SSSR count). The molecule has 7 nitrogen and oxygen atoms in total. The lowest BCUT2D eigenvalue weighted by atomic mass is 10.1. The van der Waals surface area contributed by atoms with E-state index >= 15 is 0 Å². The van der Waals surface area contributed by atoms with Crippen LogP contribution in [0.15, 0.2) is 54.7 Å². The third-order valence-corrected chi connectivity index (χ3v) is 6.14. The van der Waals surface area contributed by atoms with Gasteiger partial charge in [-0.25, -0.2) is 9.97 Å². The van der Waals surface area contributed by atoms with Crippen molar-refractivity contribution in [3.8, 4) is 0 Å². The van der Waals surface area contributed by atoms with Gasteiger partial charge in [0.25, 0.3) is 5.91 Å². The molecule has 1 saturated heterocycles. The highest BCUT2D eigenvalue weighted by molar-refractivity contribution is 5.98. The van der Waals surface area contributed by atoms with Crippen LogP contribution in [0.25, 0.3) is 21.9 Å². The standard InChI is InChI=1S/C24H24N6O/c31-24(17-5-8-19-16(15-17)9-10-25-19)30-13-11-29(12-14-30)23-22(26-18-6-7-18)27-20-3-1-2-4-21(20)28-23/h1-5,8-10,15,18,25H,6-7,11-14H2,(H,26,27). The summed E-state index contributed by atoms with van der Waals surface area (Å²) in [5.41, 5.74) is 3.59. The van der Waals surface area contributed by atoms with Crippen LogP contribution < -0.4 is 10.2 Å². The first-order chi connectivity index (χ1) is 15.2. The number of benzene rings is 2. The van der Waals surface area contributed by atoms with Crippen LogP contribution in [0.4, 0.5) is 11.6 Å². The molecule has 2 aliphatic rings. The van der Waals surface area contributed by atoms with Crippen LogP contribution in [0.2, 0.25) is 0 Å². The average Bonchev–Trinajstić information content (AvgIpc) is 3.50. The van der Waals surface area contributed by atoms with Crippen LogP contribution in [-0.2, 0) is 0 Å². The summed E-state index contributed by atoms with van der Waals surface area (Å²) in [5.74, 6) is 1.84. The zero-order valence-corrected chi connectivity index (χ0v) is 17.2. The maximum absolute atomic E-state index is 13.1. The number of H-pyrrole nitrogens is 1. The molecular weight excluding hydrogens is 388 g/mol. The summed E-state index contributed by atoms with van der Waals surface area (Å²) in [7, 11) is 0. The quantitative estimate of drug-likeness (QED) is 0.535. The van der Waals surface area contributed by atoms with Crippen molar-refractivity contribution in [2.75, 3.05) is 36.4 Å². The fourth-order valence-electron chi connectivity index (χ4n) is 4.22. The first-order valence-corrected chi connectivity index (χ1v) is 10.9. The van der Waals surface area contributed by atoms with E-state index in [0.29, 0.717) is 19.1 Å². The lowest BCUT2D eigenvalue weighted by molar-refractivity contribution is 0.0747. The first-order valence-electron chi connectivity index (χ1n) is 10.9. The molecule has 3 heterocycles. The Morgan fingerprint density at radius 1 is 0.968 bits per heavy atom. The first kappa shape index (κ1) is 18.2. The molecule has 0 bridgehead atoms. The number of fused-ring (bicyclic) bond motifs is 2. The number of carbonyl (C=O) groups excluding carboxylic acids is 1. The van der Waals surface area contributed by atoms with Gasteiger partial charge in [0, 0.05) is 54.9 Å². The number of aromatic nitrogens is 3. The second-order valence-corrected chi connectivity index (χ2v) is 8.36. The normalized spacial score (nSPS) is 16.8. The van der Waals surface area contributed by atoms with E-state index in [9.17, 15) is 4.79 Å². The number of amides is 1. The topological polar surface area (TPSA) is 77.2 Å². The van der Waals surface area contributed by atoms with Crippen molar-refractivity contribution >= 4 is 39.5 Å². The summed E-state index contributed by atoms with van der Waals surface area (Å²) >= 11 is 0. The van der Waals surface area contributed by atoms with Gasteiger partial charge in [-0.1, -0.05) is 12.1 Å². The van der Waals surface area contributed by atoms with E-state index in [0.717, 1.165) is 52.2 Å². The number of para-hydroxylation sites is 2. The second-order valence-electron chi connectivity index (χ2n) is 8.36. The van der Waals surface area contributed by atoms with Crippen LogP contribution >= 0.6 is 0 Å². The molecule has 1 aliphatic heterocycles. The van der Waals surface area contributed by atoms with Gasteiger partial charge >= 0.3 is 0 Å². The monoisotopic (exact) mass is 412 g/mol. The van der Waals surface area contributed by atoms with E-state index in [2.05, 4.69) is 15.2 Å². The molecule has 31 heavy (non-hydrogen) atoms. The molecule has 2 fully saturated rings. The summed E-state index contributed by atoms with van der Waals surface area (Å²) in [5, 5.41) is 4.61. The molecule has 2 aromatic heterocycles. The molecule has 0 atom stereocenters. The van der Waals surface area contributed by atoms with Gasteiger partial charge in [0.1, 0.15) is 0 Å². The third-order valence-electron chi connectivity index (χ3n) is 6.14. The fourth-order valence-corrected chi connectivity index (χ4v) is 4.22. The average molecular weight is 412 g/mol. The van der Waals surface area contributed by atoms with Crippen molar-refractivity contribution in [3.05, 3.63) is 60.3 Å². The summed E-state index contributed by atoms with van der Waals surface area (Å²) in [4.78, 5) is 30.2. The number of anilines is 2. The van der Waals surface area contributed by atoms with Crippen LogP contribution in [0, 0.1) is 0 Å². The second kappa shape index (κ2) is 7.27. The smallest absolute Gasteiger partial charge is 0.253 e. The molecule has 0 radical (unpaired) electrons. The van der Waals surface area contributed by atoms with Crippen molar-refractivity contribution in [1.29, 1.82) is 0 Å². The predicted octanol–water partition coefficient (Wildman–Crippen LogP) is 3.65. The number of rotatable bonds is 4. The van der Waals surface area contributed by atoms with Crippen LogP contribution in [0.5, 0.6) is 0 Å². The summed E-state index contributed by atoms with van der Waals surface area (Å²) < 4.78 is 0. The Kier molecular flexibility index (Phi) is 4.26. The van der Waals surface area contributed by atoms with E-state index in [4.69, 9.17) is 9.97 Å². The van der Waals surface area contributed by atoms with Crippen LogP contribution in [0.1, 0.15) is 23.2 Å². The number of hydrogen-bond acceptors (Lipinski definition) is 5. The maximum atomic E-state index is 13.1. The lowest BCUT2D eigenvalue weighted by Crippen LogP contribution is -2.49.